The number of thiophene rings is 1. The predicted molar refractivity (Wildman–Crippen MR) is 79.1 cm³/mol. The summed E-state index contributed by atoms with van der Waals surface area (Å²) in [5.41, 5.74) is 1.59. The maximum absolute atomic E-state index is 3.51. The molecule has 0 bridgehead atoms. The van der Waals surface area contributed by atoms with Crippen LogP contribution in [0.3, 0.4) is 0 Å². The first-order valence-corrected chi connectivity index (χ1v) is 8.47. The zero-order chi connectivity index (χ0) is 11.9. The first kappa shape index (κ1) is 13.4. The summed E-state index contributed by atoms with van der Waals surface area (Å²) >= 11 is 4.07. The summed E-state index contributed by atoms with van der Waals surface area (Å²) in [6.07, 6.45) is 2.50. The molecule has 17 heavy (non-hydrogen) atoms. The van der Waals surface area contributed by atoms with Gasteiger partial charge in [0.1, 0.15) is 0 Å². The Morgan fingerprint density at radius 2 is 2.12 bits per heavy atom. The van der Waals surface area contributed by atoms with E-state index in [4.69, 9.17) is 0 Å². The minimum atomic E-state index is 1.04. The minimum Gasteiger partial charge on any atom is -0.315 e. The van der Waals surface area contributed by atoms with E-state index in [1.807, 2.05) is 11.3 Å². The van der Waals surface area contributed by atoms with Crippen LogP contribution in [0.4, 0.5) is 0 Å². The zero-order valence-corrected chi connectivity index (χ0v) is 12.2. The molecule has 0 saturated heterocycles. The summed E-state index contributed by atoms with van der Waals surface area (Å²) in [4.78, 5) is 3.14. The Bertz CT molecular complexity index is 313. The first-order chi connectivity index (χ1) is 8.40. The van der Waals surface area contributed by atoms with Gasteiger partial charge in [-0.15, -0.1) is 11.3 Å². The van der Waals surface area contributed by atoms with Gasteiger partial charge in [-0.1, -0.05) is 6.92 Å². The molecule has 0 aliphatic carbocycles. The molecule has 2 rings (SSSR count). The summed E-state index contributed by atoms with van der Waals surface area (Å²) in [7, 11) is 0. The van der Waals surface area contributed by atoms with Crippen molar-refractivity contribution in [3.63, 3.8) is 0 Å². The number of hydrogen-bond acceptors (Lipinski definition) is 4. The lowest BCUT2D eigenvalue weighted by Crippen LogP contribution is -2.27. The van der Waals surface area contributed by atoms with Gasteiger partial charge in [0, 0.05) is 35.1 Å². The molecule has 2 nitrogen and oxygen atoms in total. The molecule has 2 N–H and O–H groups in total. The van der Waals surface area contributed by atoms with E-state index in [0.717, 1.165) is 26.2 Å². The fraction of sp³-hybridized carbons (Fsp3) is 0.692. The normalized spacial score (nSPS) is 14.9. The lowest BCUT2D eigenvalue weighted by atomic mass is 10.2. The largest absolute Gasteiger partial charge is 0.315 e. The van der Waals surface area contributed by atoms with Gasteiger partial charge in [0.15, 0.2) is 0 Å². The van der Waals surface area contributed by atoms with Crippen LogP contribution < -0.4 is 10.6 Å². The van der Waals surface area contributed by atoms with Gasteiger partial charge in [0.2, 0.25) is 0 Å². The Hall–Kier alpha value is -0.0300. The molecule has 2 heterocycles. The topological polar surface area (TPSA) is 24.1 Å². The van der Waals surface area contributed by atoms with E-state index in [1.165, 1.54) is 29.2 Å². The van der Waals surface area contributed by atoms with Crippen molar-refractivity contribution in [2.75, 3.05) is 25.4 Å². The molecule has 0 unspecified atom stereocenters. The van der Waals surface area contributed by atoms with Gasteiger partial charge < -0.3 is 10.6 Å². The van der Waals surface area contributed by atoms with Gasteiger partial charge in [-0.2, -0.15) is 11.8 Å². The number of fused-ring (bicyclic) bond motifs is 1. The molecule has 4 heteroatoms. The number of nitrogens with one attached hydrogen (secondary N) is 2. The Morgan fingerprint density at radius 1 is 1.24 bits per heavy atom. The van der Waals surface area contributed by atoms with Gasteiger partial charge in [-0.05, 0) is 36.8 Å². The number of rotatable bonds is 7. The average molecular weight is 270 g/mol. The molecule has 0 spiro atoms. The molecule has 0 radical (unpaired) electrons. The monoisotopic (exact) mass is 270 g/mol. The Morgan fingerprint density at radius 3 is 2.94 bits per heavy atom. The number of aryl methyl sites for hydroxylation is 1. The second-order valence-corrected chi connectivity index (χ2v) is 6.72. The first-order valence-electron chi connectivity index (χ1n) is 6.49. The van der Waals surface area contributed by atoms with E-state index >= 15 is 0 Å². The van der Waals surface area contributed by atoms with Gasteiger partial charge in [-0.25, -0.2) is 0 Å². The molecule has 0 atom stereocenters. The maximum Gasteiger partial charge on any atom is 0.0300 e. The van der Waals surface area contributed by atoms with E-state index in [0.29, 0.717) is 0 Å². The van der Waals surface area contributed by atoms with Crippen LogP contribution in [0.2, 0.25) is 0 Å². The third kappa shape index (κ3) is 4.28. The van der Waals surface area contributed by atoms with E-state index in [2.05, 4.69) is 35.4 Å². The predicted octanol–water partition coefficient (Wildman–Crippen LogP) is 2.63. The summed E-state index contributed by atoms with van der Waals surface area (Å²) in [6, 6.07) is 2.40. The van der Waals surface area contributed by atoms with Crippen molar-refractivity contribution in [3.05, 3.63) is 21.4 Å². The van der Waals surface area contributed by atoms with Crippen molar-refractivity contribution >= 4 is 23.1 Å². The smallest absolute Gasteiger partial charge is 0.0300 e. The Labute approximate surface area is 113 Å². The molecule has 0 saturated carbocycles. The molecule has 1 aromatic heterocycles. The number of thioether (sulfide) groups is 1. The minimum absolute atomic E-state index is 1.04. The summed E-state index contributed by atoms with van der Waals surface area (Å²) < 4.78 is 0. The van der Waals surface area contributed by atoms with Gasteiger partial charge in [-0.3, -0.25) is 0 Å². The maximum atomic E-state index is 3.51. The number of hydrogen-bond donors (Lipinski definition) is 2. The Balaban J connectivity index is 1.67. The lowest BCUT2D eigenvalue weighted by Gasteiger charge is -2.08. The molecule has 1 aliphatic rings. The van der Waals surface area contributed by atoms with E-state index < -0.39 is 0 Å². The SMILES string of the molecule is CCCNCCNCc1cc2c(s1)CCSC2. The summed E-state index contributed by atoms with van der Waals surface area (Å²) in [6.45, 7) is 6.52. The van der Waals surface area contributed by atoms with Crippen LogP contribution in [0.1, 0.15) is 28.7 Å². The molecule has 0 fully saturated rings. The van der Waals surface area contributed by atoms with Crippen LogP contribution in [-0.2, 0) is 18.7 Å². The van der Waals surface area contributed by atoms with Gasteiger partial charge in [0.05, 0.1) is 0 Å². The van der Waals surface area contributed by atoms with Crippen LogP contribution in [0.5, 0.6) is 0 Å². The fourth-order valence-corrected chi connectivity index (χ4v) is 4.34. The molecular formula is C13H22N2S2. The third-order valence-corrected chi connectivity index (χ3v) is 5.13. The molecule has 0 amide bonds. The van der Waals surface area contributed by atoms with Crippen molar-refractivity contribution in [2.24, 2.45) is 0 Å². The lowest BCUT2D eigenvalue weighted by molar-refractivity contribution is 0.609. The highest BCUT2D eigenvalue weighted by atomic mass is 32.2. The Kier molecular flexibility index (Phi) is 5.85. The summed E-state index contributed by atoms with van der Waals surface area (Å²) in [5.74, 6) is 2.53. The van der Waals surface area contributed by atoms with E-state index in [9.17, 15) is 0 Å². The molecular weight excluding hydrogens is 248 g/mol. The molecule has 1 aromatic rings. The highest BCUT2D eigenvalue weighted by molar-refractivity contribution is 7.98. The second kappa shape index (κ2) is 7.41. The van der Waals surface area contributed by atoms with E-state index in [-0.39, 0.29) is 0 Å². The standard InChI is InChI=1S/C13H22N2S2/c1-2-4-14-5-6-15-9-12-8-11-10-16-7-3-13(11)17-12/h8,14-15H,2-7,9-10H2,1H3. The average Bonchev–Trinajstić information content (AvgIpc) is 2.76. The quantitative estimate of drug-likeness (QED) is 0.745. The van der Waals surface area contributed by atoms with Gasteiger partial charge in [0.25, 0.3) is 0 Å². The van der Waals surface area contributed by atoms with Crippen molar-refractivity contribution < 1.29 is 0 Å². The highest BCUT2D eigenvalue weighted by Gasteiger charge is 2.12. The highest BCUT2D eigenvalue weighted by Crippen LogP contribution is 2.31. The van der Waals surface area contributed by atoms with Crippen LogP contribution >= 0.6 is 23.1 Å². The van der Waals surface area contributed by atoms with Crippen molar-refractivity contribution in [1.29, 1.82) is 0 Å². The van der Waals surface area contributed by atoms with Crippen LogP contribution in [0.15, 0.2) is 6.07 Å². The van der Waals surface area contributed by atoms with E-state index in [1.54, 1.807) is 10.4 Å². The van der Waals surface area contributed by atoms with Crippen molar-refractivity contribution in [3.8, 4) is 0 Å². The van der Waals surface area contributed by atoms with Crippen LogP contribution in [-0.4, -0.2) is 25.4 Å². The van der Waals surface area contributed by atoms with Crippen molar-refractivity contribution in [2.45, 2.75) is 32.1 Å². The summed E-state index contributed by atoms with van der Waals surface area (Å²) in [5, 5.41) is 6.92. The molecule has 0 aromatic carbocycles. The zero-order valence-electron chi connectivity index (χ0n) is 10.6. The molecule has 1 aliphatic heterocycles. The van der Waals surface area contributed by atoms with Crippen molar-refractivity contribution in [1.82, 2.24) is 10.6 Å². The van der Waals surface area contributed by atoms with Crippen LogP contribution in [0, 0.1) is 0 Å². The van der Waals surface area contributed by atoms with Gasteiger partial charge >= 0.3 is 0 Å². The second-order valence-electron chi connectivity index (χ2n) is 4.39. The van der Waals surface area contributed by atoms with Crippen LogP contribution in [0.25, 0.3) is 0 Å². The fourth-order valence-electron chi connectivity index (χ4n) is 1.99. The third-order valence-electron chi connectivity index (χ3n) is 2.88. The molecule has 96 valence electrons.